The molecular weight excluding hydrogens is 372 g/mol. The summed E-state index contributed by atoms with van der Waals surface area (Å²) in [5, 5.41) is 11.7. The Morgan fingerprint density at radius 1 is 1.11 bits per heavy atom. The molecule has 9 heteroatoms. The molecule has 0 aliphatic rings. The van der Waals surface area contributed by atoms with Crippen LogP contribution >= 0.6 is 0 Å². The van der Waals surface area contributed by atoms with Crippen LogP contribution < -0.4 is 5.32 Å². The van der Waals surface area contributed by atoms with E-state index in [-0.39, 0.29) is 22.8 Å². The molecule has 0 bridgehead atoms. The second-order valence-corrected chi connectivity index (χ2v) is 8.02. The standard InChI is InChI=1S/C18H20N2O6S/c1-20(2)27(24,25)16-5-3-4-14(11-16)19-17(22)12-26-18(23)10-13-6-8-15(21)9-7-13/h3-9,11,21H,10,12H2,1-2H3,(H,19,22). The third-order valence-electron chi connectivity index (χ3n) is 3.55. The van der Waals surface area contributed by atoms with E-state index in [4.69, 9.17) is 4.74 Å². The summed E-state index contributed by atoms with van der Waals surface area (Å²) >= 11 is 0. The summed E-state index contributed by atoms with van der Waals surface area (Å²) in [5.41, 5.74) is 0.914. The summed E-state index contributed by atoms with van der Waals surface area (Å²) in [6, 6.07) is 11.8. The Hall–Kier alpha value is -2.91. The van der Waals surface area contributed by atoms with E-state index in [2.05, 4.69) is 5.32 Å². The van der Waals surface area contributed by atoms with Crippen molar-refractivity contribution in [3.05, 3.63) is 54.1 Å². The quantitative estimate of drug-likeness (QED) is 0.688. The van der Waals surface area contributed by atoms with Crippen molar-refractivity contribution >= 4 is 27.6 Å². The zero-order valence-electron chi connectivity index (χ0n) is 14.9. The summed E-state index contributed by atoms with van der Waals surface area (Å²) in [4.78, 5) is 23.7. The first kappa shape index (κ1) is 20.4. The number of ether oxygens (including phenoxy) is 1. The van der Waals surface area contributed by atoms with Crippen LogP contribution in [0.2, 0.25) is 0 Å². The molecule has 0 aliphatic carbocycles. The third kappa shape index (κ3) is 5.80. The molecule has 2 aromatic rings. The lowest BCUT2D eigenvalue weighted by atomic mass is 10.1. The Balaban J connectivity index is 1.90. The number of phenols is 1. The van der Waals surface area contributed by atoms with Crippen LogP contribution in [-0.2, 0) is 30.8 Å². The maximum Gasteiger partial charge on any atom is 0.310 e. The monoisotopic (exact) mass is 392 g/mol. The number of carbonyl (C=O) groups is 2. The first-order valence-electron chi connectivity index (χ1n) is 7.94. The van der Waals surface area contributed by atoms with Gasteiger partial charge in [0.15, 0.2) is 6.61 Å². The van der Waals surface area contributed by atoms with Crippen molar-refractivity contribution in [1.29, 1.82) is 0 Å². The van der Waals surface area contributed by atoms with Gasteiger partial charge in [-0.15, -0.1) is 0 Å². The molecule has 0 heterocycles. The van der Waals surface area contributed by atoms with Crippen molar-refractivity contribution in [2.45, 2.75) is 11.3 Å². The fourth-order valence-corrected chi connectivity index (χ4v) is 3.07. The number of hydrogen-bond donors (Lipinski definition) is 2. The molecule has 0 aliphatic heterocycles. The predicted octanol–water partition coefficient (Wildman–Crippen LogP) is 1.37. The van der Waals surface area contributed by atoms with E-state index in [1.54, 1.807) is 12.1 Å². The van der Waals surface area contributed by atoms with Crippen molar-refractivity contribution in [2.75, 3.05) is 26.0 Å². The average molecular weight is 392 g/mol. The number of anilines is 1. The Morgan fingerprint density at radius 3 is 2.41 bits per heavy atom. The number of nitrogens with one attached hydrogen (secondary N) is 1. The van der Waals surface area contributed by atoms with Gasteiger partial charge in [0, 0.05) is 19.8 Å². The maximum absolute atomic E-state index is 12.1. The van der Waals surface area contributed by atoms with Crippen LogP contribution in [-0.4, -0.2) is 50.4 Å². The van der Waals surface area contributed by atoms with Crippen LogP contribution in [0.25, 0.3) is 0 Å². The van der Waals surface area contributed by atoms with Gasteiger partial charge >= 0.3 is 5.97 Å². The molecule has 2 rings (SSSR count). The van der Waals surface area contributed by atoms with Gasteiger partial charge in [0.25, 0.3) is 5.91 Å². The highest BCUT2D eigenvalue weighted by molar-refractivity contribution is 7.89. The zero-order valence-corrected chi connectivity index (χ0v) is 15.7. The van der Waals surface area contributed by atoms with Crippen LogP contribution in [0.1, 0.15) is 5.56 Å². The molecule has 1 amide bonds. The van der Waals surface area contributed by atoms with Crippen LogP contribution in [0.3, 0.4) is 0 Å². The largest absolute Gasteiger partial charge is 0.508 e. The van der Waals surface area contributed by atoms with E-state index >= 15 is 0 Å². The number of nitrogens with zero attached hydrogens (tertiary/aromatic N) is 1. The molecule has 8 nitrogen and oxygen atoms in total. The molecule has 2 N–H and O–H groups in total. The highest BCUT2D eigenvalue weighted by Gasteiger charge is 2.17. The van der Waals surface area contributed by atoms with E-state index in [0.29, 0.717) is 5.56 Å². The molecule has 0 saturated heterocycles. The fourth-order valence-electron chi connectivity index (χ4n) is 2.12. The normalized spacial score (nSPS) is 11.2. The van der Waals surface area contributed by atoms with Crippen molar-refractivity contribution in [3.8, 4) is 5.75 Å². The Labute approximate surface area is 157 Å². The summed E-state index contributed by atoms with van der Waals surface area (Å²) in [7, 11) is -0.798. The zero-order chi connectivity index (χ0) is 20.0. The highest BCUT2D eigenvalue weighted by atomic mass is 32.2. The summed E-state index contributed by atoms with van der Waals surface area (Å²) in [6.07, 6.45) is -0.0376. The van der Waals surface area contributed by atoms with E-state index in [1.807, 2.05) is 0 Å². The van der Waals surface area contributed by atoms with E-state index in [1.165, 1.54) is 50.5 Å². The number of aromatic hydroxyl groups is 1. The first-order chi connectivity index (χ1) is 12.7. The Bertz CT molecular complexity index is 923. The number of benzene rings is 2. The fraction of sp³-hybridized carbons (Fsp3) is 0.222. The summed E-state index contributed by atoms with van der Waals surface area (Å²) < 4.78 is 30.2. The minimum absolute atomic E-state index is 0.0367. The number of sulfonamides is 1. The van der Waals surface area contributed by atoms with Crippen molar-refractivity contribution in [1.82, 2.24) is 4.31 Å². The lowest BCUT2D eigenvalue weighted by Gasteiger charge is -2.12. The lowest BCUT2D eigenvalue weighted by molar-refractivity contribution is -0.146. The van der Waals surface area contributed by atoms with E-state index in [9.17, 15) is 23.1 Å². The molecule has 2 aromatic carbocycles. The van der Waals surface area contributed by atoms with Gasteiger partial charge in [0.1, 0.15) is 5.75 Å². The molecule has 0 atom stereocenters. The van der Waals surface area contributed by atoms with Gasteiger partial charge in [0.05, 0.1) is 11.3 Å². The smallest absolute Gasteiger partial charge is 0.310 e. The number of hydrogen-bond acceptors (Lipinski definition) is 6. The number of esters is 1. The third-order valence-corrected chi connectivity index (χ3v) is 5.36. The highest BCUT2D eigenvalue weighted by Crippen LogP contribution is 2.18. The van der Waals surface area contributed by atoms with E-state index < -0.39 is 28.5 Å². The van der Waals surface area contributed by atoms with Gasteiger partial charge in [-0.05, 0) is 35.9 Å². The van der Waals surface area contributed by atoms with Gasteiger partial charge in [-0.1, -0.05) is 18.2 Å². The number of carbonyl (C=O) groups excluding carboxylic acids is 2. The Kier molecular flexibility index (Phi) is 6.54. The molecule has 27 heavy (non-hydrogen) atoms. The summed E-state index contributed by atoms with van der Waals surface area (Å²) in [6.45, 7) is -0.498. The van der Waals surface area contributed by atoms with Gasteiger partial charge in [-0.2, -0.15) is 0 Å². The molecule has 0 saturated carbocycles. The molecule has 0 radical (unpaired) electrons. The minimum Gasteiger partial charge on any atom is -0.508 e. The molecule has 0 aromatic heterocycles. The second kappa shape index (κ2) is 8.65. The molecule has 0 spiro atoms. The second-order valence-electron chi connectivity index (χ2n) is 5.87. The molecule has 0 fully saturated rings. The SMILES string of the molecule is CN(C)S(=O)(=O)c1cccc(NC(=O)COC(=O)Cc2ccc(O)cc2)c1. The van der Waals surface area contributed by atoms with Crippen LogP contribution in [0.4, 0.5) is 5.69 Å². The van der Waals surface area contributed by atoms with E-state index in [0.717, 1.165) is 4.31 Å². The topological polar surface area (TPSA) is 113 Å². The minimum atomic E-state index is -3.62. The van der Waals surface area contributed by atoms with Gasteiger partial charge in [-0.3, -0.25) is 9.59 Å². The average Bonchev–Trinajstić information content (AvgIpc) is 2.62. The van der Waals surface area contributed by atoms with Gasteiger partial charge in [0.2, 0.25) is 10.0 Å². The molecular formula is C18H20N2O6S. The maximum atomic E-state index is 12.1. The number of phenolic OH excluding ortho intramolecular Hbond substituents is 1. The van der Waals surface area contributed by atoms with Gasteiger partial charge in [-0.25, -0.2) is 12.7 Å². The van der Waals surface area contributed by atoms with Gasteiger partial charge < -0.3 is 15.2 Å². The van der Waals surface area contributed by atoms with Crippen LogP contribution in [0, 0.1) is 0 Å². The van der Waals surface area contributed by atoms with Crippen molar-refractivity contribution in [3.63, 3.8) is 0 Å². The van der Waals surface area contributed by atoms with Crippen molar-refractivity contribution < 1.29 is 27.9 Å². The molecule has 144 valence electrons. The Morgan fingerprint density at radius 2 is 1.78 bits per heavy atom. The van der Waals surface area contributed by atoms with Crippen LogP contribution in [0.5, 0.6) is 5.75 Å². The number of amides is 1. The first-order valence-corrected chi connectivity index (χ1v) is 9.38. The van der Waals surface area contributed by atoms with Crippen molar-refractivity contribution in [2.24, 2.45) is 0 Å². The molecule has 0 unspecified atom stereocenters. The lowest BCUT2D eigenvalue weighted by Crippen LogP contribution is -2.23. The summed E-state index contributed by atoms with van der Waals surface area (Å²) in [5.74, 6) is -1.10. The predicted molar refractivity (Wildman–Crippen MR) is 98.7 cm³/mol. The number of rotatable bonds is 7. The van der Waals surface area contributed by atoms with Crippen LogP contribution in [0.15, 0.2) is 53.4 Å².